The van der Waals surface area contributed by atoms with E-state index in [1.165, 1.54) is 29.1 Å². The van der Waals surface area contributed by atoms with E-state index in [9.17, 15) is 28.0 Å². The molecule has 2 atom stereocenters. The summed E-state index contributed by atoms with van der Waals surface area (Å²) in [6.07, 6.45) is 3.19. The first kappa shape index (κ1) is 26.6. The number of carbonyl (C=O) groups is 3. The highest BCUT2D eigenvalue weighted by Crippen LogP contribution is 2.40. The van der Waals surface area contributed by atoms with E-state index in [1.807, 2.05) is 0 Å². The topological polar surface area (TPSA) is 166 Å². The molecule has 186 valence electrons. The molecule has 1 fully saturated rings. The lowest BCUT2D eigenvalue weighted by molar-refractivity contribution is -0.135. The molecular formula is C20H32N4O8S. The Morgan fingerprint density at radius 3 is 2.24 bits per heavy atom. The third-order valence-electron chi connectivity index (χ3n) is 6.01. The largest absolute Gasteiger partial charge is 0.497 e. The van der Waals surface area contributed by atoms with E-state index >= 15 is 0 Å². The molecule has 1 aliphatic carbocycles. The van der Waals surface area contributed by atoms with Crippen molar-refractivity contribution in [2.24, 2.45) is 11.8 Å². The number of piperazine rings is 1. The Labute approximate surface area is 193 Å². The summed E-state index contributed by atoms with van der Waals surface area (Å²) in [4.78, 5) is 38.7. The third-order valence-corrected chi connectivity index (χ3v) is 8.15. The molecule has 0 radical (unpaired) electrons. The fraction of sp³-hybridized carbons (Fsp3) is 0.650. The zero-order valence-corrected chi connectivity index (χ0v) is 19.8. The van der Waals surface area contributed by atoms with E-state index in [0.29, 0.717) is 5.76 Å². The summed E-state index contributed by atoms with van der Waals surface area (Å²) in [5.74, 6) is -2.25. The quantitative estimate of drug-likeness (QED) is 0.262. The van der Waals surface area contributed by atoms with Crippen LogP contribution in [0.5, 0.6) is 0 Å². The van der Waals surface area contributed by atoms with Crippen molar-refractivity contribution in [2.45, 2.75) is 31.4 Å². The van der Waals surface area contributed by atoms with Crippen LogP contribution >= 0.6 is 0 Å². The molecule has 0 aromatic carbocycles. The second-order valence-electron chi connectivity index (χ2n) is 8.30. The Morgan fingerprint density at radius 1 is 1.18 bits per heavy atom. The van der Waals surface area contributed by atoms with Gasteiger partial charge in [-0.2, -0.15) is 0 Å². The molecule has 13 heteroatoms. The van der Waals surface area contributed by atoms with Crippen molar-refractivity contribution in [1.82, 2.24) is 20.0 Å². The van der Waals surface area contributed by atoms with Crippen molar-refractivity contribution in [3.63, 3.8) is 0 Å². The van der Waals surface area contributed by atoms with E-state index < -0.39 is 38.6 Å². The number of hydrogen-bond acceptors (Lipinski definition) is 7. The smallest absolute Gasteiger partial charge is 0.407 e. The van der Waals surface area contributed by atoms with Gasteiger partial charge in [0, 0.05) is 39.1 Å². The molecule has 1 aliphatic heterocycles. The number of nitrogens with one attached hydrogen (secondary N) is 2. The summed E-state index contributed by atoms with van der Waals surface area (Å²) in [6.45, 7) is 4.04. The van der Waals surface area contributed by atoms with E-state index in [-0.39, 0.29) is 51.5 Å². The molecule has 0 saturated carbocycles. The highest BCUT2D eigenvalue weighted by atomic mass is 32.2. The average Bonchev–Trinajstić information content (AvgIpc) is 2.78. The number of sulfonamides is 1. The van der Waals surface area contributed by atoms with Crippen molar-refractivity contribution < 1.29 is 37.9 Å². The van der Waals surface area contributed by atoms with Crippen molar-refractivity contribution >= 4 is 27.9 Å². The zero-order chi connectivity index (χ0) is 24.8. The van der Waals surface area contributed by atoms with Gasteiger partial charge >= 0.3 is 6.09 Å². The minimum absolute atomic E-state index is 0.0661. The van der Waals surface area contributed by atoms with Gasteiger partial charge in [0.15, 0.2) is 0 Å². The summed E-state index contributed by atoms with van der Waals surface area (Å²) >= 11 is 0. The predicted octanol–water partition coefficient (Wildman–Crippen LogP) is 0.125. The standard InChI is InChI=1S/C20H32N4O8S/c1-14(2)17(18(26)22-29)20(7-4-15(32-3)5-8-20)33(30,31)21-9-6-16(25)23-10-12-24(13-11-23)19(27)28/h4-5,7,14,17,21,29H,6,8-13H2,1-3H3,(H,22,26)(H,27,28)/t17-,20?/m1/s1. The second kappa shape index (κ2) is 11.0. The second-order valence-corrected chi connectivity index (χ2v) is 10.4. The molecule has 4 N–H and O–H groups in total. The van der Waals surface area contributed by atoms with E-state index in [4.69, 9.17) is 9.84 Å². The van der Waals surface area contributed by atoms with Gasteiger partial charge in [0.1, 0.15) is 10.5 Å². The van der Waals surface area contributed by atoms with Crippen molar-refractivity contribution in [2.75, 3.05) is 39.8 Å². The Morgan fingerprint density at radius 2 is 1.79 bits per heavy atom. The summed E-state index contributed by atoms with van der Waals surface area (Å²) < 4.78 is 32.8. The van der Waals surface area contributed by atoms with E-state index in [1.54, 1.807) is 25.4 Å². The molecule has 33 heavy (non-hydrogen) atoms. The van der Waals surface area contributed by atoms with Crippen LogP contribution in [0.25, 0.3) is 0 Å². The lowest BCUT2D eigenvalue weighted by Crippen LogP contribution is -2.57. The van der Waals surface area contributed by atoms with Gasteiger partial charge in [-0.3, -0.25) is 14.8 Å². The highest BCUT2D eigenvalue weighted by Gasteiger charge is 2.52. The summed E-state index contributed by atoms with van der Waals surface area (Å²) in [6, 6.07) is 0. The summed E-state index contributed by atoms with van der Waals surface area (Å²) in [5.41, 5.74) is 1.57. The van der Waals surface area contributed by atoms with E-state index in [2.05, 4.69) is 4.72 Å². The molecule has 1 unspecified atom stereocenters. The lowest BCUT2D eigenvalue weighted by atomic mass is 9.78. The number of hydrogen-bond donors (Lipinski definition) is 4. The van der Waals surface area contributed by atoms with Crippen LogP contribution in [0.1, 0.15) is 26.7 Å². The number of carbonyl (C=O) groups excluding carboxylic acids is 2. The van der Waals surface area contributed by atoms with Gasteiger partial charge in [-0.1, -0.05) is 19.9 Å². The Balaban J connectivity index is 2.14. The fourth-order valence-electron chi connectivity index (χ4n) is 4.26. The highest BCUT2D eigenvalue weighted by molar-refractivity contribution is 7.91. The van der Waals surface area contributed by atoms with Crippen molar-refractivity contribution in [1.29, 1.82) is 0 Å². The van der Waals surface area contributed by atoms with Gasteiger partial charge in [0.25, 0.3) is 0 Å². The molecule has 2 rings (SSSR count). The van der Waals surface area contributed by atoms with Crippen LogP contribution in [0.15, 0.2) is 24.0 Å². The molecule has 1 heterocycles. The van der Waals surface area contributed by atoms with Crippen molar-refractivity contribution in [3.05, 3.63) is 24.0 Å². The Hall–Kier alpha value is -2.64. The monoisotopic (exact) mass is 488 g/mol. The first-order chi connectivity index (χ1) is 15.5. The Kier molecular flexibility index (Phi) is 8.86. The lowest BCUT2D eigenvalue weighted by Gasteiger charge is -2.39. The SMILES string of the molecule is COC1=CCC([C@@H](C(=O)NO)C(C)C)(S(=O)(=O)NCCC(=O)N2CCN(C(=O)O)CC2)C=C1. The molecule has 0 spiro atoms. The zero-order valence-electron chi connectivity index (χ0n) is 19.0. The van der Waals surface area contributed by atoms with Crippen LogP contribution in [0.2, 0.25) is 0 Å². The minimum Gasteiger partial charge on any atom is -0.497 e. The number of rotatable bonds is 9. The number of hydroxylamine groups is 1. The first-order valence-corrected chi connectivity index (χ1v) is 12.1. The van der Waals surface area contributed by atoms with Crippen LogP contribution in [-0.2, 0) is 24.3 Å². The summed E-state index contributed by atoms with van der Waals surface area (Å²) in [5, 5.41) is 18.2. The van der Waals surface area contributed by atoms with Crippen LogP contribution in [0.4, 0.5) is 4.79 Å². The van der Waals surface area contributed by atoms with Gasteiger partial charge in [0.05, 0.1) is 13.0 Å². The average molecular weight is 489 g/mol. The molecule has 0 aromatic heterocycles. The van der Waals surface area contributed by atoms with Crippen LogP contribution in [0.3, 0.4) is 0 Å². The van der Waals surface area contributed by atoms with Gasteiger partial charge in [-0.25, -0.2) is 23.4 Å². The molecule has 2 aliphatic rings. The number of carboxylic acid groups (broad SMARTS) is 1. The Bertz CT molecular complexity index is 909. The van der Waals surface area contributed by atoms with Crippen molar-refractivity contribution in [3.8, 4) is 0 Å². The predicted molar refractivity (Wildman–Crippen MR) is 118 cm³/mol. The molecule has 12 nitrogen and oxygen atoms in total. The molecule has 0 bridgehead atoms. The number of methoxy groups -OCH3 is 1. The van der Waals surface area contributed by atoms with Crippen LogP contribution < -0.4 is 10.2 Å². The van der Waals surface area contributed by atoms with Gasteiger partial charge in [0.2, 0.25) is 21.8 Å². The molecule has 0 aromatic rings. The maximum atomic E-state index is 13.5. The first-order valence-electron chi connectivity index (χ1n) is 10.6. The molecule has 3 amide bonds. The number of amides is 3. The normalized spacial score (nSPS) is 22.0. The number of allylic oxidation sites excluding steroid dienone is 2. The van der Waals surface area contributed by atoms with Gasteiger partial charge in [-0.15, -0.1) is 0 Å². The fourth-order valence-corrected chi connectivity index (χ4v) is 6.16. The van der Waals surface area contributed by atoms with Gasteiger partial charge in [-0.05, 0) is 24.5 Å². The van der Waals surface area contributed by atoms with Crippen LogP contribution in [0, 0.1) is 11.8 Å². The molecular weight excluding hydrogens is 456 g/mol. The van der Waals surface area contributed by atoms with Crippen LogP contribution in [-0.4, -0.2) is 91.0 Å². The van der Waals surface area contributed by atoms with Gasteiger partial charge < -0.3 is 19.6 Å². The third kappa shape index (κ3) is 5.84. The minimum atomic E-state index is -4.19. The number of ether oxygens (including phenoxy) is 1. The summed E-state index contributed by atoms with van der Waals surface area (Å²) in [7, 11) is -2.75. The van der Waals surface area contributed by atoms with E-state index in [0.717, 1.165) is 0 Å². The number of nitrogens with zero attached hydrogens (tertiary/aromatic N) is 2. The maximum Gasteiger partial charge on any atom is 0.407 e. The molecule has 1 saturated heterocycles. The maximum absolute atomic E-state index is 13.5.